The Morgan fingerprint density at radius 3 is 2.08 bits per heavy atom. The van der Waals surface area contributed by atoms with Crippen LogP contribution >= 0.6 is 0 Å². The summed E-state index contributed by atoms with van der Waals surface area (Å²) in [6.07, 6.45) is 13.3. The summed E-state index contributed by atoms with van der Waals surface area (Å²) in [6.45, 7) is 0.562. The van der Waals surface area contributed by atoms with Crippen LogP contribution in [0.15, 0.2) is 97.3 Å². The number of rotatable bonds is 8. The Kier molecular flexibility index (Phi) is 8.52. The number of nitrogens with zero attached hydrogens (tertiary/aromatic N) is 3. The number of anilines is 2. The average Bonchev–Trinajstić information content (AvgIpc) is 3.00. The highest BCUT2D eigenvalue weighted by atomic mass is 16.2. The third kappa shape index (κ3) is 6.83. The van der Waals surface area contributed by atoms with Gasteiger partial charge in [-0.15, -0.1) is 0 Å². The molecular formula is C35H37N3O. The van der Waals surface area contributed by atoms with Crippen LogP contribution in [0.2, 0.25) is 0 Å². The van der Waals surface area contributed by atoms with Crippen LogP contribution in [0.25, 0.3) is 23.3 Å². The molecule has 198 valence electrons. The molecule has 5 rings (SSSR count). The Morgan fingerprint density at radius 2 is 1.41 bits per heavy atom. The zero-order valence-corrected chi connectivity index (χ0v) is 23.0. The van der Waals surface area contributed by atoms with Crippen LogP contribution in [-0.2, 0) is 11.3 Å². The van der Waals surface area contributed by atoms with E-state index in [1.54, 1.807) is 12.4 Å². The van der Waals surface area contributed by atoms with Gasteiger partial charge in [-0.1, -0.05) is 79.9 Å². The lowest BCUT2D eigenvalue weighted by atomic mass is 9.88. The second-order valence-electron chi connectivity index (χ2n) is 10.6. The average molecular weight is 516 g/mol. The molecule has 39 heavy (non-hydrogen) atoms. The third-order valence-electron chi connectivity index (χ3n) is 7.59. The predicted molar refractivity (Wildman–Crippen MR) is 164 cm³/mol. The largest absolute Gasteiger partial charge is 0.378 e. The van der Waals surface area contributed by atoms with Gasteiger partial charge in [0.05, 0.1) is 6.54 Å². The molecule has 1 aliphatic rings. The van der Waals surface area contributed by atoms with Gasteiger partial charge in [-0.3, -0.25) is 9.78 Å². The first-order valence-corrected chi connectivity index (χ1v) is 13.9. The van der Waals surface area contributed by atoms with E-state index in [9.17, 15) is 4.79 Å². The maximum absolute atomic E-state index is 13.9. The molecule has 4 aromatic rings. The van der Waals surface area contributed by atoms with E-state index in [1.165, 1.54) is 23.2 Å². The smallest absolute Gasteiger partial charge is 0.230 e. The zero-order valence-electron chi connectivity index (χ0n) is 23.0. The monoisotopic (exact) mass is 515 g/mol. The Morgan fingerprint density at radius 1 is 0.769 bits per heavy atom. The number of aromatic nitrogens is 1. The molecule has 1 saturated carbocycles. The normalized spacial score (nSPS) is 13.9. The maximum atomic E-state index is 13.9. The lowest BCUT2D eigenvalue weighted by Crippen LogP contribution is -2.36. The van der Waals surface area contributed by atoms with Crippen LogP contribution in [0.3, 0.4) is 0 Å². The molecule has 1 amide bonds. The number of carbonyl (C=O) groups excluding carboxylic acids is 1. The zero-order chi connectivity index (χ0) is 27.0. The number of hydrogen-bond donors (Lipinski definition) is 0. The fourth-order valence-electron chi connectivity index (χ4n) is 5.27. The summed E-state index contributed by atoms with van der Waals surface area (Å²) in [7, 11) is 4.11. The van der Waals surface area contributed by atoms with Crippen LogP contribution in [-0.4, -0.2) is 25.0 Å². The van der Waals surface area contributed by atoms with E-state index >= 15 is 0 Å². The molecule has 0 bridgehead atoms. The maximum Gasteiger partial charge on any atom is 0.230 e. The van der Waals surface area contributed by atoms with E-state index in [-0.39, 0.29) is 11.8 Å². The van der Waals surface area contributed by atoms with E-state index in [0.717, 1.165) is 48.1 Å². The van der Waals surface area contributed by atoms with Crippen LogP contribution < -0.4 is 9.80 Å². The molecule has 0 aliphatic heterocycles. The van der Waals surface area contributed by atoms with Gasteiger partial charge in [0.25, 0.3) is 0 Å². The molecule has 0 N–H and O–H groups in total. The third-order valence-corrected chi connectivity index (χ3v) is 7.59. The van der Waals surface area contributed by atoms with Gasteiger partial charge >= 0.3 is 0 Å². The SMILES string of the molecule is CN(C)c1ccc(-c2ccc(CN(C(=O)C3CCCCC3)c3cccc(C=Cc4ccncc4)c3)cc2)cc1. The highest BCUT2D eigenvalue weighted by Crippen LogP contribution is 2.30. The van der Waals surface area contributed by atoms with Crippen molar-refractivity contribution in [3.05, 3.63) is 114 Å². The van der Waals surface area contributed by atoms with E-state index in [1.807, 2.05) is 23.1 Å². The number of carbonyl (C=O) groups is 1. The second-order valence-corrected chi connectivity index (χ2v) is 10.6. The molecule has 4 heteroatoms. The van der Waals surface area contributed by atoms with Crippen molar-refractivity contribution in [1.82, 2.24) is 4.98 Å². The highest BCUT2D eigenvalue weighted by molar-refractivity contribution is 5.95. The van der Waals surface area contributed by atoms with E-state index < -0.39 is 0 Å². The summed E-state index contributed by atoms with van der Waals surface area (Å²) < 4.78 is 0. The Hall–Kier alpha value is -4.18. The molecular weight excluding hydrogens is 478 g/mol. The van der Waals surface area contributed by atoms with Gasteiger partial charge in [0, 0.05) is 43.8 Å². The first kappa shape index (κ1) is 26.4. The fourth-order valence-corrected chi connectivity index (χ4v) is 5.27. The van der Waals surface area contributed by atoms with Crippen molar-refractivity contribution >= 4 is 29.4 Å². The van der Waals surface area contributed by atoms with Gasteiger partial charge in [0.2, 0.25) is 5.91 Å². The molecule has 1 heterocycles. The molecule has 1 fully saturated rings. The van der Waals surface area contributed by atoms with Gasteiger partial charge in [-0.25, -0.2) is 0 Å². The Labute approximate surface area is 232 Å². The van der Waals surface area contributed by atoms with E-state index in [4.69, 9.17) is 0 Å². The lowest BCUT2D eigenvalue weighted by molar-refractivity contribution is -0.123. The first-order chi connectivity index (χ1) is 19.1. The predicted octanol–water partition coefficient (Wildman–Crippen LogP) is 8.10. The van der Waals surface area contributed by atoms with Crippen molar-refractivity contribution in [3.8, 4) is 11.1 Å². The van der Waals surface area contributed by atoms with Gasteiger partial charge in [-0.2, -0.15) is 0 Å². The summed E-state index contributed by atoms with van der Waals surface area (Å²) >= 11 is 0. The van der Waals surface area contributed by atoms with Gasteiger partial charge in [-0.05, 0) is 77.1 Å². The molecule has 1 aliphatic carbocycles. The van der Waals surface area contributed by atoms with Crippen LogP contribution in [0.5, 0.6) is 0 Å². The summed E-state index contributed by atoms with van der Waals surface area (Å²) in [5.41, 5.74) is 7.80. The van der Waals surface area contributed by atoms with Crippen molar-refractivity contribution in [2.45, 2.75) is 38.6 Å². The number of amides is 1. The van der Waals surface area contributed by atoms with Crippen LogP contribution in [0.4, 0.5) is 11.4 Å². The first-order valence-electron chi connectivity index (χ1n) is 13.9. The lowest BCUT2D eigenvalue weighted by Gasteiger charge is -2.30. The molecule has 0 unspecified atom stereocenters. The summed E-state index contributed by atoms with van der Waals surface area (Å²) in [5.74, 6) is 0.345. The molecule has 4 nitrogen and oxygen atoms in total. The summed E-state index contributed by atoms with van der Waals surface area (Å²) in [5, 5.41) is 0. The van der Waals surface area contributed by atoms with Crippen molar-refractivity contribution < 1.29 is 4.79 Å². The molecule has 0 saturated heterocycles. The minimum absolute atomic E-state index is 0.101. The minimum Gasteiger partial charge on any atom is -0.378 e. The molecule has 0 atom stereocenters. The second kappa shape index (κ2) is 12.6. The van der Waals surface area contributed by atoms with E-state index in [0.29, 0.717) is 6.54 Å². The van der Waals surface area contributed by atoms with Gasteiger partial charge < -0.3 is 9.80 Å². The minimum atomic E-state index is 0.101. The van der Waals surface area contributed by atoms with Crippen molar-refractivity contribution in [3.63, 3.8) is 0 Å². The molecule has 0 radical (unpaired) electrons. The molecule has 1 aromatic heterocycles. The van der Waals surface area contributed by atoms with Crippen molar-refractivity contribution in [2.24, 2.45) is 5.92 Å². The van der Waals surface area contributed by atoms with Crippen LogP contribution in [0.1, 0.15) is 48.8 Å². The number of hydrogen-bond acceptors (Lipinski definition) is 3. The van der Waals surface area contributed by atoms with Crippen molar-refractivity contribution in [1.29, 1.82) is 0 Å². The summed E-state index contributed by atoms with van der Waals surface area (Å²) in [6, 6.07) is 29.5. The number of benzene rings is 3. The molecule has 0 spiro atoms. The molecule has 3 aromatic carbocycles. The standard InChI is InChI=1S/C35H37N3O/c1-37(2)33-19-17-31(18-20-33)30-15-13-29(14-16-30)26-38(35(39)32-8-4-3-5-9-32)34-10-6-7-28(25-34)12-11-27-21-23-36-24-22-27/h6-7,10-25,32H,3-5,8-9,26H2,1-2H3. The topological polar surface area (TPSA) is 36.4 Å². The number of pyridine rings is 1. The summed E-state index contributed by atoms with van der Waals surface area (Å²) in [4.78, 5) is 22.1. The van der Waals surface area contributed by atoms with Crippen molar-refractivity contribution in [2.75, 3.05) is 23.9 Å². The Balaban J connectivity index is 1.39. The highest BCUT2D eigenvalue weighted by Gasteiger charge is 2.27. The van der Waals surface area contributed by atoms with Gasteiger partial charge in [0.15, 0.2) is 0 Å². The fraction of sp³-hybridized carbons (Fsp3) is 0.257. The van der Waals surface area contributed by atoms with Crippen LogP contribution in [0, 0.1) is 5.92 Å². The van der Waals surface area contributed by atoms with Gasteiger partial charge in [0.1, 0.15) is 0 Å². The Bertz CT molecular complexity index is 1390. The van der Waals surface area contributed by atoms with E-state index in [2.05, 4.69) is 103 Å². The quantitative estimate of drug-likeness (QED) is 0.238.